The summed E-state index contributed by atoms with van der Waals surface area (Å²) in [6, 6.07) is 6.97. The molecule has 1 aromatic rings. The summed E-state index contributed by atoms with van der Waals surface area (Å²) in [6.07, 6.45) is 0. The molecule has 0 radical (unpaired) electrons. The van der Waals surface area contributed by atoms with Gasteiger partial charge < -0.3 is 24.2 Å². The van der Waals surface area contributed by atoms with Gasteiger partial charge in [0.05, 0.1) is 13.2 Å². The molecule has 136 valence electrons. The highest BCUT2D eigenvalue weighted by atomic mass is 16.5. The summed E-state index contributed by atoms with van der Waals surface area (Å²) < 4.78 is 10.8. The van der Waals surface area contributed by atoms with Crippen LogP contribution in [0.25, 0.3) is 0 Å². The Labute approximate surface area is 148 Å². The molecule has 7 heteroatoms. The molecule has 3 rings (SSSR count). The van der Waals surface area contributed by atoms with Crippen LogP contribution in [0.3, 0.4) is 0 Å². The molecule has 0 N–H and O–H groups in total. The predicted octanol–water partition coefficient (Wildman–Crippen LogP) is 0.312. The number of hydrogen-bond donors (Lipinski definition) is 0. The number of hydrogen-bond acceptors (Lipinski definition) is 5. The third-order valence-electron chi connectivity index (χ3n) is 4.62. The van der Waals surface area contributed by atoms with E-state index in [1.165, 1.54) is 0 Å². The molecule has 7 nitrogen and oxygen atoms in total. The van der Waals surface area contributed by atoms with Crippen molar-refractivity contribution in [3.05, 3.63) is 29.8 Å². The summed E-state index contributed by atoms with van der Waals surface area (Å²) in [7, 11) is 2.05. The van der Waals surface area contributed by atoms with E-state index in [1.807, 2.05) is 4.90 Å². The number of ether oxygens (including phenoxy) is 2. The van der Waals surface area contributed by atoms with Crippen molar-refractivity contribution in [2.75, 3.05) is 66.1 Å². The fourth-order valence-corrected chi connectivity index (χ4v) is 2.93. The number of piperazine rings is 1. The van der Waals surface area contributed by atoms with Crippen molar-refractivity contribution in [2.24, 2.45) is 0 Å². The molecule has 25 heavy (non-hydrogen) atoms. The van der Waals surface area contributed by atoms with Gasteiger partial charge in [0.15, 0.2) is 6.61 Å². The molecule has 0 spiro atoms. The van der Waals surface area contributed by atoms with Gasteiger partial charge in [0.25, 0.3) is 11.8 Å². The van der Waals surface area contributed by atoms with Crippen molar-refractivity contribution in [1.82, 2.24) is 14.7 Å². The van der Waals surface area contributed by atoms with Crippen LogP contribution in [0, 0.1) is 0 Å². The first-order chi connectivity index (χ1) is 12.1. The molecule has 0 aliphatic carbocycles. The van der Waals surface area contributed by atoms with Gasteiger partial charge in [-0.15, -0.1) is 0 Å². The van der Waals surface area contributed by atoms with Gasteiger partial charge in [-0.3, -0.25) is 9.59 Å². The van der Waals surface area contributed by atoms with Crippen LogP contribution in [0.15, 0.2) is 24.3 Å². The standard InChI is InChI=1S/C18H25N3O4/c1-19-6-8-20(9-7-19)17(22)14-25-16-4-2-15(3-5-16)18(23)21-10-12-24-13-11-21/h2-5H,6-14H2,1H3. The molecule has 2 aliphatic heterocycles. The van der Waals surface area contributed by atoms with Crippen LogP contribution >= 0.6 is 0 Å². The molecule has 0 bridgehead atoms. The highest BCUT2D eigenvalue weighted by Gasteiger charge is 2.20. The van der Waals surface area contributed by atoms with Gasteiger partial charge in [-0.2, -0.15) is 0 Å². The minimum absolute atomic E-state index is 0.00145. The van der Waals surface area contributed by atoms with Crippen molar-refractivity contribution in [2.45, 2.75) is 0 Å². The molecule has 0 aromatic heterocycles. The second-order valence-corrected chi connectivity index (χ2v) is 6.40. The van der Waals surface area contributed by atoms with Gasteiger partial charge in [0.1, 0.15) is 5.75 Å². The lowest BCUT2D eigenvalue weighted by Gasteiger charge is -2.32. The lowest BCUT2D eigenvalue weighted by Crippen LogP contribution is -2.48. The van der Waals surface area contributed by atoms with Gasteiger partial charge in [-0.25, -0.2) is 0 Å². The van der Waals surface area contributed by atoms with E-state index in [9.17, 15) is 9.59 Å². The van der Waals surface area contributed by atoms with E-state index in [2.05, 4.69) is 11.9 Å². The minimum atomic E-state index is 0.00145. The fourth-order valence-electron chi connectivity index (χ4n) is 2.93. The Kier molecular flexibility index (Phi) is 5.88. The average Bonchev–Trinajstić information content (AvgIpc) is 2.67. The summed E-state index contributed by atoms with van der Waals surface area (Å²) in [5, 5.41) is 0. The normalized spacial score (nSPS) is 18.9. The number of morpholine rings is 1. The Hall–Kier alpha value is -2.12. The van der Waals surface area contributed by atoms with Gasteiger partial charge in [0, 0.05) is 44.8 Å². The van der Waals surface area contributed by atoms with Gasteiger partial charge in [-0.05, 0) is 31.3 Å². The molecule has 0 atom stereocenters. The molecule has 2 amide bonds. The fraction of sp³-hybridized carbons (Fsp3) is 0.556. The summed E-state index contributed by atoms with van der Waals surface area (Å²) in [6.45, 7) is 5.71. The third-order valence-corrected chi connectivity index (χ3v) is 4.62. The van der Waals surface area contributed by atoms with Crippen molar-refractivity contribution >= 4 is 11.8 Å². The van der Waals surface area contributed by atoms with Crippen LogP contribution < -0.4 is 4.74 Å². The molecular formula is C18H25N3O4. The van der Waals surface area contributed by atoms with Crippen LogP contribution in [0.5, 0.6) is 5.75 Å². The first-order valence-electron chi connectivity index (χ1n) is 8.70. The maximum atomic E-state index is 12.4. The molecule has 0 saturated carbocycles. The molecule has 1 aromatic carbocycles. The van der Waals surface area contributed by atoms with E-state index in [0.717, 1.165) is 26.2 Å². The van der Waals surface area contributed by atoms with Crippen molar-refractivity contribution < 1.29 is 19.1 Å². The SMILES string of the molecule is CN1CCN(C(=O)COc2ccc(C(=O)N3CCOCC3)cc2)CC1. The van der Waals surface area contributed by atoms with Crippen molar-refractivity contribution in [3.8, 4) is 5.75 Å². The Morgan fingerprint density at radius 3 is 2.24 bits per heavy atom. The van der Waals surface area contributed by atoms with E-state index in [1.54, 1.807) is 29.2 Å². The highest BCUT2D eigenvalue weighted by molar-refractivity contribution is 5.94. The number of likely N-dealkylation sites (N-methyl/N-ethyl adjacent to an activating group) is 1. The first kappa shape index (κ1) is 17.7. The summed E-state index contributed by atoms with van der Waals surface area (Å²) >= 11 is 0. The zero-order valence-corrected chi connectivity index (χ0v) is 14.6. The highest BCUT2D eigenvalue weighted by Crippen LogP contribution is 2.15. The monoisotopic (exact) mass is 347 g/mol. The number of benzene rings is 1. The molecular weight excluding hydrogens is 322 g/mol. The first-order valence-corrected chi connectivity index (χ1v) is 8.70. The molecule has 2 saturated heterocycles. The number of carbonyl (C=O) groups is 2. The zero-order valence-electron chi connectivity index (χ0n) is 14.6. The van der Waals surface area contributed by atoms with E-state index < -0.39 is 0 Å². The molecule has 2 aliphatic rings. The topological polar surface area (TPSA) is 62.3 Å². The number of nitrogens with zero attached hydrogens (tertiary/aromatic N) is 3. The zero-order chi connectivity index (χ0) is 17.6. The maximum Gasteiger partial charge on any atom is 0.260 e. The summed E-state index contributed by atoms with van der Waals surface area (Å²) in [5.41, 5.74) is 0.625. The summed E-state index contributed by atoms with van der Waals surface area (Å²) in [5.74, 6) is 0.603. The second kappa shape index (κ2) is 8.31. The van der Waals surface area contributed by atoms with Crippen LogP contribution in [-0.4, -0.2) is 92.7 Å². The number of carbonyl (C=O) groups excluding carboxylic acids is 2. The maximum absolute atomic E-state index is 12.4. The Balaban J connectivity index is 1.49. The van der Waals surface area contributed by atoms with Crippen molar-refractivity contribution in [1.29, 1.82) is 0 Å². The number of rotatable bonds is 4. The lowest BCUT2D eigenvalue weighted by molar-refractivity contribution is -0.134. The second-order valence-electron chi connectivity index (χ2n) is 6.40. The van der Waals surface area contributed by atoms with E-state index in [-0.39, 0.29) is 18.4 Å². The van der Waals surface area contributed by atoms with Crippen molar-refractivity contribution in [3.63, 3.8) is 0 Å². The third kappa shape index (κ3) is 4.70. The van der Waals surface area contributed by atoms with Crippen LogP contribution in [0.2, 0.25) is 0 Å². The average molecular weight is 347 g/mol. The van der Waals surface area contributed by atoms with Crippen LogP contribution in [-0.2, 0) is 9.53 Å². The van der Waals surface area contributed by atoms with Gasteiger partial charge in [-0.1, -0.05) is 0 Å². The predicted molar refractivity (Wildman–Crippen MR) is 92.7 cm³/mol. The minimum Gasteiger partial charge on any atom is -0.484 e. The summed E-state index contributed by atoms with van der Waals surface area (Å²) in [4.78, 5) is 30.4. The van der Waals surface area contributed by atoms with Gasteiger partial charge >= 0.3 is 0 Å². The molecule has 2 fully saturated rings. The van der Waals surface area contributed by atoms with Crippen LogP contribution in [0.1, 0.15) is 10.4 Å². The van der Waals surface area contributed by atoms with E-state index >= 15 is 0 Å². The Morgan fingerprint density at radius 2 is 1.60 bits per heavy atom. The smallest absolute Gasteiger partial charge is 0.260 e. The lowest BCUT2D eigenvalue weighted by atomic mass is 10.2. The molecule has 2 heterocycles. The van der Waals surface area contributed by atoms with Crippen LogP contribution in [0.4, 0.5) is 0 Å². The van der Waals surface area contributed by atoms with Gasteiger partial charge in [0.2, 0.25) is 0 Å². The Morgan fingerprint density at radius 1 is 0.960 bits per heavy atom. The van der Waals surface area contributed by atoms with E-state index in [0.29, 0.717) is 37.6 Å². The van der Waals surface area contributed by atoms with E-state index in [4.69, 9.17) is 9.47 Å². The Bertz CT molecular complexity index is 591. The quantitative estimate of drug-likeness (QED) is 0.785. The number of amides is 2. The largest absolute Gasteiger partial charge is 0.484 e. The molecule has 0 unspecified atom stereocenters.